The number of nitrogens with zero attached hydrogens (tertiary/aromatic N) is 3. The normalized spacial score (nSPS) is 14.5. The fourth-order valence-electron chi connectivity index (χ4n) is 4.09. The summed E-state index contributed by atoms with van der Waals surface area (Å²) < 4.78 is 0. The molecule has 1 fully saturated rings. The first-order chi connectivity index (χ1) is 16.5. The lowest BCUT2D eigenvalue weighted by Gasteiger charge is -2.21. The highest BCUT2D eigenvalue weighted by Crippen LogP contribution is 2.29. The number of halogens is 1. The average molecular weight is 499 g/mol. The van der Waals surface area contributed by atoms with Crippen molar-refractivity contribution in [1.82, 2.24) is 20.5 Å². The predicted octanol–water partition coefficient (Wildman–Crippen LogP) is 4.82. The fourth-order valence-corrected chi connectivity index (χ4v) is 5.09. The summed E-state index contributed by atoms with van der Waals surface area (Å²) >= 11 is 7.43. The third kappa shape index (κ3) is 6.51. The van der Waals surface area contributed by atoms with E-state index < -0.39 is 6.04 Å². The number of carbonyl (C=O) groups excluding carboxylic acids is 2. The van der Waals surface area contributed by atoms with E-state index >= 15 is 0 Å². The number of nitrogens with one attached hydrogen (secondary N) is 3. The number of rotatable bonds is 9. The van der Waals surface area contributed by atoms with E-state index in [0.717, 1.165) is 29.1 Å². The minimum absolute atomic E-state index is 0.255. The van der Waals surface area contributed by atoms with Gasteiger partial charge in [0.15, 0.2) is 5.82 Å². The smallest absolute Gasteiger partial charge is 0.262 e. The molecule has 0 spiro atoms. The number of carbonyl (C=O) groups is 2. The SMILES string of the molecule is Cc1ncc(Cl)cc1NCc1ccc(C(=O)N[C@@H](CC2CCCC2)C(=O)Nc2cccnn2)s1. The van der Waals surface area contributed by atoms with Crippen LogP contribution < -0.4 is 16.0 Å². The van der Waals surface area contributed by atoms with Crippen LogP contribution in [0.5, 0.6) is 0 Å². The van der Waals surface area contributed by atoms with Crippen molar-refractivity contribution in [2.45, 2.75) is 51.6 Å². The van der Waals surface area contributed by atoms with Crippen LogP contribution in [-0.4, -0.2) is 33.0 Å². The number of amides is 2. The van der Waals surface area contributed by atoms with Crippen LogP contribution >= 0.6 is 22.9 Å². The van der Waals surface area contributed by atoms with Crippen molar-refractivity contribution in [3.63, 3.8) is 0 Å². The van der Waals surface area contributed by atoms with Crippen molar-refractivity contribution in [3.05, 3.63) is 63.2 Å². The third-order valence-corrected chi connectivity index (χ3v) is 7.17. The lowest BCUT2D eigenvalue weighted by molar-refractivity contribution is -0.118. The molecular weight excluding hydrogens is 472 g/mol. The summed E-state index contributed by atoms with van der Waals surface area (Å²) in [4.78, 5) is 31.8. The van der Waals surface area contributed by atoms with Crippen LogP contribution in [0.25, 0.3) is 0 Å². The van der Waals surface area contributed by atoms with Gasteiger partial charge in [0.05, 0.1) is 21.3 Å². The number of aromatic nitrogens is 3. The molecule has 1 aliphatic rings. The van der Waals surface area contributed by atoms with Crippen molar-refractivity contribution in [3.8, 4) is 0 Å². The lowest BCUT2D eigenvalue weighted by atomic mass is 9.97. The minimum Gasteiger partial charge on any atom is -0.379 e. The van der Waals surface area contributed by atoms with Crippen LogP contribution in [0.2, 0.25) is 5.02 Å². The second kappa shape index (κ2) is 11.4. The summed E-state index contributed by atoms with van der Waals surface area (Å²) in [6.07, 6.45) is 8.26. The van der Waals surface area contributed by atoms with Crippen molar-refractivity contribution in [1.29, 1.82) is 0 Å². The van der Waals surface area contributed by atoms with Crippen LogP contribution in [0.3, 0.4) is 0 Å². The summed E-state index contributed by atoms with van der Waals surface area (Å²) in [5.74, 6) is 0.265. The molecule has 3 N–H and O–H groups in total. The Labute approximate surface area is 207 Å². The van der Waals surface area contributed by atoms with Gasteiger partial charge in [-0.25, -0.2) is 0 Å². The number of hydrogen-bond donors (Lipinski definition) is 3. The molecule has 0 saturated heterocycles. The number of pyridine rings is 1. The first-order valence-electron chi connectivity index (χ1n) is 11.3. The second-order valence-corrected chi connectivity index (χ2v) is 10.0. The van der Waals surface area contributed by atoms with Crippen LogP contribution in [0.4, 0.5) is 11.5 Å². The molecule has 0 aromatic carbocycles. The molecule has 2 amide bonds. The molecule has 0 radical (unpaired) electrons. The molecule has 3 aromatic heterocycles. The third-order valence-electron chi connectivity index (χ3n) is 5.88. The van der Waals surface area contributed by atoms with Gasteiger partial charge in [-0.3, -0.25) is 14.6 Å². The van der Waals surface area contributed by atoms with Gasteiger partial charge in [0.2, 0.25) is 5.91 Å². The molecule has 0 aliphatic heterocycles. The largest absolute Gasteiger partial charge is 0.379 e. The Hall–Kier alpha value is -3.04. The molecule has 1 saturated carbocycles. The van der Waals surface area contributed by atoms with Gasteiger partial charge < -0.3 is 16.0 Å². The molecule has 3 aromatic rings. The maximum absolute atomic E-state index is 13.0. The van der Waals surface area contributed by atoms with Gasteiger partial charge >= 0.3 is 0 Å². The monoisotopic (exact) mass is 498 g/mol. The van der Waals surface area contributed by atoms with Crippen LogP contribution in [0, 0.1) is 12.8 Å². The van der Waals surface area contributed by atoms with E-state index in [1.165, 1.54) is 24.2 Å². The van der Waals surface area contributed by atoms with E-state index in [-0.39, 0.29) is 11.8 Å². The lowest BCUT2D eigenvalue weighted by Crippen LogP contribution is -2.44. The Morgan fingerprint density at radius 3 is 2.82 bits per heavy atom. The van der Waals surface area contributed by atoms with Crippen LogP contribution in [-0.2, 0) is 11.3 Å². The number of aryl methyl sites for hydroxylation is 1. The molecule has 1 aliphatic carbocycles. The zero-order valence-corrected chi connectivity index (χ0v) is 20.5. The summed E-state index contributed by atoms with van der Waals surface area (Å²) in [7, 11) is 0. The van der Waals surface area contributed by atoms with Gasteiger partial charge in [-0.15, -0.1) is 16.4 Å². The Balaban J connectivity index is 1.39. The zero-order valence-electron chi connectivity index (χ0n) is 18.9. The first-order valence-corrected chi connectivity index (χ1v) is 12.5. The van der Waals surface area contributed by atoms with Gasteiger partial charge in [-0.1, -0.05) is 37.3 Å². The molecule has 0 bridgehead atoms. The van der Waals surface area contributed by atoms with Crippen molar-refractivity contribution in [2.24, 2.45) is 5.92 Å². The molecule has 4 rings (SSSR count). The predicted molar refractivity (Wildman–Crippen MR) is 134 cm³/mol. The minimum atomic E-state index is -0.638. The fraction of sp³-hybridized carbons (Fsp3) is 0.375. The zero-order chi connectivity index (χ0) is 23.9. The van der Waals surface area contributed by atoms with Crippen LogP contribution in [0.15, 0.2) is 42.7 Å². The Morgan fingerprint density at radius 2 is 2.06 bits per heavy atom. The first kappa shape index (κ1) is 24.1. The van der Waals surface area contributed by atoms with Crippen molar-refractivity contribution < 1.29 is 9.59 Å². The van der Waals surface area contributed by atoms with E-state index in [1.807, 2.05) is 19.1 Å². The maximum atomic E-state index is 13.0. The molecule has 3 heterocycles. The van der Waals surface area contributed by atoms with Gasteiger partial charge in [-0.2, -0.15) is 5.10 Å². The van der Waals surface area contributed by atoms with E-state index in [2.05, 4.69) is 31.1 Å². The summed E-state index contributed by atoms with van der Waals surface area (Å²) in [6, 6.07) is 8.26. The average Bonchev–Trinajstić information content (AvgIpc) is 3.52. The molecule has 0 unspecified atom stereocenters. The van der Waals surface area contributed by atoms with E-state index in [4.69, 9.17) is 11.6 Å². The van der Waals surface area contributed by atoms with E-state index in [9.17, 15) is 9.59 Å². The van der Waals surface area contributed by atoms with Crippen molar-refractivity contribution >= 4 is 46.3 Å². The molecule has 34 heavy (non-hydrogen) atoms. The molecule has 178 valence electrons. The standard InChI is InChI=1S/C24H27ClN6O2S/c1-15-19(12-17(25)13-26-15)27-14-18-8-9-21(34-18)24(33)29-20(11-16-5-2-3-6-16)23(32)30-22-7-4-10-28-31-22/h4,7-10,12-13,16,20,27H,2-3,5-6,11,14H2,1H3,(H,29,33)(H,30,31,32)/t20-/m0/s1. The quantitative estimate of drug-likeness (QED) is 0.390. The van der Waals surface area contributed by atoms with Gasteiger partial charge in [-0.05, 0) is 49.6 Å². The second-order valence-electron chi connectivity index (χ2n) is 8.42. The van der Waals surface area contributed by atoms with Crippen LogP contribution in [0.1, 0.15) is 52.3 Å². The van der Waals surface area contributed by atoms with Gasteiger partial charge in [0.25, 0.3) is 5.91 Å². The molecule has 1 atom stereocenters. The van der Waals surface area contributed by atoms with Gasteiger partial charge in [0.1, 0.15) is 6.04 Å². The van der Waals surface area contributed by atoms with Gasteiger partial charge in [0, 0.05) is 23.8 Å². The number of hydrogen-bond acceptors (Lipinski definition) is 7. The number of anilines is 2. The van der Waals surface area contributed by atoms with E-state index in [1.54, 1.807) is 30.6 Å². The topological polar surface area (TPSA) is 109 Å². The Morgan fingerprint density at radius 1 is 1.24 bits per heavy atom. The number of thiophene rings is 1. The van der Waals surface area contributed by atoms with E-state index in [0.29, 0.717) is 34.6 Å². The van der Waals surface area contributed by atoms with Crippen molar-refractivity contribution in [2.75, 3.05) is 10.6 Å². The maximum Gasteiger partial charge on any atom is 0.262 e. The highest BCUT2D eigenvalue weighted by atomic mass is 35.5. The highest BCUT2D eigenvalue weighted by molar-refractivity contribution is 7.14. The molecule has 10 heteroatoms. The highest BCUT2D eigenvalue weighted by Gasteiger charge is 2.27. The summed E-state index contributed by atoms with van der Waals surface area (Å²) in [5.41, 5.74) is 1.70. The summed E-state index contributed by atoms with van der Waals surface area (Å²) in [6.45, 7) is 2.45. The Kier molecular flexibility index (Phi) is 8.08. The summed E-state index contributed by atoms with van der Waals surface area (Å²) in [5, 5.41) is 17.3. The molecule has 8 nitrogen and oxygen atoms in total. The molecular formula is C24H27ClN6O2S. The Bertz CT molecular complexity index is 1130.